The number of hydrogen-bond donors (Lipinski definition) is 0. The molecule has 2 aliphatic rings. The molecule has 226 valence electrons. The zero-order valence-electron chi connectivity index (χ0n) is 25.2. The molecule has 3 heterocycles. The average Bonchev–Trinajstić information content (AvgIpc) is 3.52. The first-order chi connectivity index (χ1) is 21.1. The van der Waals surface area contributed by atoms with Gasteiger partial charge in [-0.1, -0.05) is 24.3 Å². The SMILES string of the molecule is COc1ccc(C(Cc2c3[n+](cc4c(OC)c(OC)ccc24)CCc2cc4c(cc2-3)OCO4)c2ccc(OC)cc2)cc1.[I-]. The van der Waals surface area contributed by atoms with Crippen LogP contribution in [0.15, 0.2) is 79.0 Å². The molecule has 0 saturated carbocycles. The minimum absolute atomic E-state index is 0. The van der Waals surface area contributed by atoms with E-state index in [-0.39, 0.29) is 36.7 Å². The molecule has 0 N–H and O–H groups in total. The van der Waals surface area contributed by atoms with E-state index in [1.165, 1.54) is 33.5 Å². The summed E-state index contributed by atoms with van der Waals surface area (Å²) in [5.74, 6) is 4.76. The molecule has 0 radical (unpaired) electrons. The monoisotopic (exact) mass is 703 g/mol. The smallest absolute Gasteiger partial charge is 0.231 e. The fourth-order valence-corrected chi connectivity index (χ4v) is 6.52. The zero-order chi connectivity index (χ0) is 29.5. The third-order valence-electron chi connectivity index (χ3n) is 8.69. The predicted octanol–water partition coefficient (Wildman–Crippen LogP) is 3.49. The third kappa shape index (κ3) is 5.15. The Morgan fingerprint density at radius 1 is 0.727 bits per heavy atom. The number of methoxy groups -OCH3 is 4. The van der Waals surface area contributed by atoms with Crippen LogP contribution in [0.4, 0.5) is 0 Å². The second-order valence-electron chi connectivity index (χ2n) is 10.8. The number of nitrogens with zero attached hydrogens (tertiary/aromatic N) is 1. The molecule has 0 atom stereocenters. The van der Waals surface area contributed by atoms with Gasteiger partial charge in [0, 0.05) is 23.3 Å². The van der Waals surface area contributed by atoms with Crippen molar-refractivity contribution in [1.29, 1.82) is 0 Å². The van der Waals surface area contributed by atoms with E-state index in [4.69, 9.17) is 28.4 Å². The van der Waals surface area contributed by atoms with Crippen LogP contribution in [-0.2, 0) is 19.4 Å². The number of pyridine rings is 1. The summed E-state index contributed by atoms with van der Waals surface area (Å²) in [5, 5.41) is 2.15. The maximum absolute atomic E-state index is 5.95. The van der Waals surface area contributed by atoms with E-state index < -0.39 is 0 Å². The molecule has 4 aromatic carbocycles. The Morgan fingerprint density at radius 2 is 1.36 bits per heavy atom. The number of aryl methyl sites for hydroxylation is 2. The second kappa shape index (κ2) is 12.4. The van der Waals surface area contributed by atoms with Gasteiger partial charge in [-0.25, -0.2) is 0 Å². The van der Waals surface area contributed by atoms with Gasteiger partial charge in [-0.2, -0.15) is 4.57 Å². The minimum atomic E-state index is 0. The molecule has 0 saturated heterocycles. The summed E-state index contributed by atoms with van der Waals surface area (Å²) in [6.07, 6.45) is 3.84. The molecule has 44 heavy (non-hydrogen) atoms. The first-order valence-corrected chi connectivity index (χ1v) is 14.4. The van der Waals surface area contributed by atoms with E-state index in [0.29, 0.717) is 5.75 Å². The van der Waals surface area contributed by atoms with E-state index in [0.717, 1.165) is 58.9 Å². The van der Waals surface area contributed by atoms with Gasteiger partial charge in [-0.15, -0.1) is 0 Å². The van der Waals surface area contributed by atoms with E-state index in [2.05, 4.69) is 53.2 Å². The summed E-state index contributed by atoms with van der Waals surface area (Å²) < 4.78 is 36.6. The predicted molar refractivity (Wildman–Crippen MR) is 164 cm³/mol. The molecule has 0 fully saturated rings. The number of aromatic nitrogens is 1. The van der Waals surface area contributed by atoms with Crippen LogP contribution < -0.4 is 57.0 Å². The topological polar surface area (TPSA) is 59.3 Å². The molecule has 1 aromatic heterocycles. The van der Waals surface area contributed by atoms with Crippen molar-refractivity contribution in [2.45, 2.75) is 25.3 Å². The normalized spacial score (nSPS) is 12.8. The lowest BCUT2D eigenvalue weighted by molar-refractivity contribution is -0.686. The van der Waals surface area contributed by atoms with Crippen LogP contribution in [0.2, 0.25) is 0 Å². The highest BCUT2D eigenvalue weighted by Gasteiger charge is 2.33. The Balaban J connectivity index is 0.00000343. The van der Waals surface area contributed by atoms with Crippen molar-refractivity contribution in [2.24, 2.45) is 0 Å². The lowest BCUT2D eigenvalue weighted by Crippen LogP contribution is -3.00. The summed E-state index contributed by atoms with van der Waals surface area (Å²) >= 11 is 0. The third-order valence-corrected chi connectivity index (χ3v) is 8.69. The summed E-state index contributed by atoms with van der Waals surface area (Å²) in [6, 6.07) is 25.2. The standard InChI is InChI=1S/C36H34NO6.HI/c1-38-25-9-5-22(6-10-25)28(23-7-11-26(39-2)12-8-23)18-30-27-13-14-32(40-3)36(41-4)31(27)20-37-16-15-24-17-33-34(43-21-42-33)19-29(24)35(30)37;/h5-14,17,19-20,28H,15-16,18,21H2,1-4H3;1H/q+1;/p-1. The van der Waals surface area contributed by atoms with Crippen molar-refractivity contribution in [1.82, 2.24) is 0 Å². The number of hydrogen-bond acceptors (Lipinski definition) is 6. The summed E-state index contributed by atoms with van der Waals surface area (Å²) in [6.45, 7) is 1.08. The number of ether oxygens (including phenoxy) is 6. The lowest BCUT2D eigenvalue weighted by Gasteiger charge is -2.24. The maximum atomic E-state index is 5.95. The van der Waals surface area contributed by atoms with Gasteiger partial charge in [0.25, 0.3) is 0 Å². The van der Waals surface area contributed by atoms with Crippen molar-refractivity contribution in [3.05, 3.63) is 101 Å². The van der Waals surface area contributed by atoms with E-state index in [1.54, 1.807) is 28.4 Å². The van der Waals surface area contributed by atoms with Gasteiger partial charge < -0.3 is 52.4 Å². The Hall–Kier alpha value is -4.18. The van der Waals surface area contributed by atoms with E-state index in [1.807, 2.05) is 30.3 Å². The number of benzene rings is 4. The Morgan fingerprint density at radius 3 is 1.95 bits per heavy atom. The van der Waals surface area contributed by atoms with E-state index >= 15 is 0 Å². The highest BCUT2D eigenvalue weighted by Crippen LogP contribution is 2.45. The second-order valence-corrected chi connectivity index (χ2v) is 10.8. The van der Waals surface area contributed by atoms with Crippen molar-refractivity contribution < 1.29 is 57.0 Å². The Labute approximate surface area is 274 Å². The summed E-state index contributed by atoms with van der Waals surface area (Å²) in [7, 11) is 6.77. The molecule has 5 aromatic rings. The molecular formula is C36H34INO6. The molecule has 0 unspecified atom stereocenters. The molecule has 7 rings (SSSR count). The first kappa shape index (κ1) is 29.9. The molecule has 0 bridgehead atoms. The van der Waals surface area contributed by atoms with Crippen LogP contribution in [0.3, 0.4) is 0 Å². The number of fused-ring (bicyclic) bond motifs is 5. The van der Waals surface area contributed by atoms with Crippen LogP contribution in [0, 0.1) is 0 Å². The van der Waals surface area contributed by atoms with E-state index in [9.17, 15) is 0 Å². The fourth-order valence-electron chi connectivity index (χ4n) is 6.52. The number of halogens is 1. The van der Waals surface area contributed by atoms with Gasteiger partial charge >= 0.3 is 0 Å². The average molecular weight is 704 g/mol. The van der Waals surface area contributed by atoms with Gasteiger partial charge in [-0.05, 0) is 71.6 Å². The molecule has 0 aliphatic carbocycles. The molecule has 8 heteroatoms. The fraction of sp³-hybridized carbons (Fsp3) is 0.250. The largest absolute Gasteiger partial charge is 1.00 e. The van der Waals surface area contributed by atoms with Crippen LogP contribution in [-0.4, -0.2) is 35.2 Å². The summed E-state index contributed by atoms with van der Waals surface area (Å²) in [4.78, 5) is 0. The van der Waals surface area contributed by atoms with Gasteiger partial charge in [-0.3, -0.25) is 0 Å². The molecular weight excluding hydrogens is 669 g/mol. The molecule has 0 spiro atoms. The van der Waals surface area contributed by atoms with Crippen molar-refractivity contribution in [3.63, 3.8) is 0 Å². The Kier molecular flexibility index (Phi) is 8.44. The summed E-state index contributed by atoms with van der Waals surface area (Å²) in [5.41, 5.74) is 7.25. The maximum Gasteiger partial charge on any atom is 0.231 e. The van der Waals surface area contributed by atoms with Crippen LogP contribution in [0.25, 0.3) is 22.0 Å². The minimum Gasteiger partial charge on any atom is -1.00 e. The number of rotatable bonds is 8. The molecule has 0 amide bonds. The first-order valence-electron chi connectivity index (χ1n) is 14.4. The molecule has 7 nitrogen and oxygen atoms in total. The highest BCUT2D eigenvalue weighted by molar-refractivity contribution is 5.95. The van der Waals surface area contributed by atoms with Crippen molar-refractivity contribution in [3.8, 4) is 45.8 Å². The lowest BCUT2D eigenvalue weighted by atomic mass is 9.82. The van der Waals surface area contributed by atoms with Gasteiger partial charge in [0.05, 0.1) is 39.4 Å². The van der Waals surface area contributed by atoms with Crippen molar-refractivity contribution in [2.75, 3.05) is 35.2 Å². The van der Waals surface area contributed by atoms with Crippen LogP contribution in [0.5, 0.6) is 34.5 Å². The Bertz CT molecular complexity index is 1770. The highest BCUT2D eigenvalue weighted by atomic mass is 127. The van der Waals surface area contributed by atoms with Crippen LogP contribution in [0.1, 0.15) is 28.2 Å². The van der Waals surface area contributed by atoms with Crippen LogP contribution >= 0.6 is 0 Å². The van der Waals surface area contributed by atoms with Gasteiger partial charge in [0.1, 0.15) is 11.5 Å². The molecule has 2 aliphatic heterocycles. The zero-order valence-corrected chi connectivity index (χ0v) is 27.3. The quantitative estimate of drug-likeness (QED) is 0.182. The van der Waals surface area contributed by atoms with Crippen molar-refractivity contribution >= 4 is 10.8 Å². The van der Waals surface area contributed by atoms with Gasteiger partial charge in [0.15, 0.2) is 35.7 Å². The van der Waals surface area contributed by atoms with Gasteiger partial charge in [0.2, 0.25) is 12.5 Å².